The summed E-state index contributed by atoms with van der Waals surface area (Å²) in [5.41, 5.74) is 0. The van der Waals surface area contributed by atoms with Gasteiger partial charge in [-0.2, -0.15) is 34.6 Å². The van der Waals surface area contributed by atoms with Crippen LogP contribution in [0.1, 0.15) is 0 Å². The molecular formula is C16H26CoSi2-2. The van der Waals surface area contributed by atoms with Crippen LogP contribution >= 0.6 is 0 Å². The van der Waals surface area contributed by atoms with Crippen molar-refractivity contribution in [2.75, 3.05) is 0 Å². The van der Waals surface area contributed by atoms with Crippen LogP contribution in [0.15, 0.2) is 48.5 Å². The molecule has 0 aromatic heterocycles. The molecule has 3 heteroatoms. The first kappa shape index (κ1) is 18.6. The summed E-state index contributed by atoms with van der Waals surface area (Å²) in [6.07, 6.45) is 0. The predicted molar refractivity (Wildman–Crippen MR) is 90.0 cm³/mol. The second kappa shape index (κ2) is 7.43. The Morgan fingerprint density at radius 1 is 0.526 bits per heavy atom. The van der Waals surface area contributed by atoms with E-state index in [0.29, 0.717) is 0 Å². The van der Waals surface area contributed by atoms with Crippen LogP contribution < -0.4 is 10.4 Å². The molecule has 0 fully saturated rings. The summed E-state index contributed by atoms with van der Waals surface area (Å²) in [7, 11) is -1.96. The monoisotopic (exact) mass is 333 g/mol. The molecule has 0 aliphatic heterocycles. The molecular weight excluding hydrogens is 307 g/mol. The summed E-state index contributed by atoms with van der Waals surface area (Å²) >= 11 is 0. The van der Waals surface area contributed by atoms with Crippen LogP contribution in [0.5, 0.6) is 0 Å². The Morgan fingerprint density at radius 3 is 0.842 bits per heavy atom. The van der Waals surface area contributed by atoms with Gasteiger partial charge < -0.3 is 0 Å². The zero-order chi connectivity index (χ0) is 13.8. The van der Waals surface area contributed by atoms with Crippen molar-refractivity contribution in [3.8, 4) is 0 Å². The van der Waals surface area contributed by atoms with Crippen LogP contribution in [0, 0.1) is 0 Å². The van der Waals surface area contributed by atoms with Crippen LogP contribution in [0.3, 0.4) is 0 Å². The molecule has 19 heavy (non-hydrogen) atoms. The Labute approximate surface area is 131 Å². The van der Waals surface area contributed by atoms with Crippen LogP contribution in [-0.4, -0.2) is 16.1 Å². The van der Waals surface area contributed by atoms with Crippen molar-refractivity contribution in [2.45, 2.75) is 39.3 Å². The summed E-state index contributed by atoms with van der Waals surface area (Å²) in [6.45, 7) is 14.2. The summed E-state index contributed by atoms with van der Waals surface area (Å²) in [4.78, 5) is 0. The SMILES string of the molecule is C[Si](C)(C)[c-]1cccc1.C[Si](C)(C)[c-]1cccc1.[Co]. The van der Waals surface area contributed by atoms with Crippen molar-refractivity contribution in [2.24, 2.45) is 0 Å². The van der Waals surface area contributed by atoms with Crippen molar-refractivity contribution >= 4 is 26.5 Å². The van der Waals surface area contributed by atoms with Gasteiger partial charge in [0.15, 0.2) is 0 Å². The van der Waals surface area contributed by atoms with Gasteiger partial charge in [-0.15, -0.1) is 0 Å². The summed E-state index contributed by atoms with van der Waals surface area (Å²) in [5, 5.41) is 3.12. The van der Waals surface area contributed by atoms with Crippen molar-refractivity contribution < 1.29 is 16.8 Å². The van der Waals surface area contributed by atoms with E-state index < -0.39 is 16.1 Å². The van der Waals surface area contributed by atoms with E-state index in [1.165, 1.54) is 0 Å². The maximum absolute atomic E-state index is 2.36. The third kappa shape index (κ3) is 6.56. The standard InChI is InChI=1S/2C8H13Si.Co/c2*1-9(2,3)8-6-4-5-7-8;/h2*4-7H,1-3H3;/q2*-1;. The molecule has 1 radical (unpaired) electrons. The maximum Gasteiger partial charge on any atom is 0.0147 e. The van der Waals surface area contributed by atoms with Crippen molar-refractivity contribution in [1.29, 1.82) is 0 Å². The minimum Gasteiger partial charge on any atom is -0.214 e. The zero-order valence-electron chi connectivity index (χ0n) is 13.0. The minimum absolute atomic E-state index is 0. The second-order valence-electron chi connectivity index (χ2n) is 6.85. The number of rotatable bonds is 2. The van der Waals surface area contributed by atoms with Gasteiger partial charge in [0.1, 0.15) is 0 Å². The van der Waals surface area contributed by atoms with Gasteiger partial charge in [-0.1, -0.05) is 39.3 Å². The Balaban J connectivity index is 0.000000324. The van der Waals surface area contributed by atoms with E-state index in [0.717, 1.165) is 0 Å². The summed E-state index contributed by atoms with van der Waals surface area (Å²) in [5.74, 6) is 0. The fourth-order valence-electron chi connectivity index (χ4n) is 1.75. The van der Waals surface area contributed by atoms with Crippen LogP contribution in [0.2, 0.25) is 39.3 Å². The third-order valence-corrected chi connectivity index (χ3v) is 7.19. The molecule has 0 saturated carbocycles. The summed E-state index contributed by atoms with van der Waals surface area (Å²) < 4.78 is 0. The maximum atomic E-state index is 2.36. The van der Waals surface area contributed by atoms with Gasteiger partial charge >= 0.3 is 0 Å². The Morgan fingerprint density at radius 2 is 0.737 bits per heavy atom. The molecule has 0 saturated heterocycles. The molecule has 0 aliphatic carbocycles. The first-order chi connectivity index (χ1) is 8.21. The topological polar surface area (TPSA) is 0 Å². The van der Waals surface area contributed by atoms with E-state index in [2.05, 4.69) is 87.8 Å². The van der Waals surface area contributed by atoms with E-state index in [1.807, 2.05) is 0 Å². The molecule has 109 valence electrons. The normalized spacial score (nSPS) is 11.3. The van der Waals surface area contributed by atoms with E-state index in [-0.39, 0.29) is 16.8 Å². The van der Waals surface area contributed by atoms with Gasteiger partial charge in [0.25, 0.3) is 0 Å². The fourth-order valence-corrected chi connectivity index (χ4v) is 4.13. The number of hydrogen-bond acceptors (Lipinski definition) is 0. The molecule has 0 N–H and O–H groups in total. The molecule has 2 aromatic rings. The van der Waals surface area contributed by atoms with Gasteiger partial charge in [-0.25, -0.2) is 24.3 Å². The quantitative estimate of drug-likeness (QED) is 0.578. The molecule has 2 rings (SSSR count). The molecule has 0 heterocycles. The molecule has 2 aromatic carbocycles. The molecule has 0 atom stereocenters. The van der Waals surface area contributed by atoms with Gasteiger partial charge in [0.2, 0.25) is 0 Å². The largest absolute Gasteiger partial charge is 0.214 e. The fraction of sp³-hybridized carbons (Fsp3) is 0.375. The zero-order valence-corrected chi connectivity index (χ0v) is 16.0. The van der Waals surface area contributed by atoms with Gasteiger partial charge in [-0.3, -0.25) is 0 Å². The predicted octanol–water partition coefficient (Wildman–Crippen LogP) is 3.90. The molecule has 0 spiro atoms. The van der Waals surface area contributed by atoms with Gasteiger partial charge in [-0.05, 0) is 0 Å². The van der Waals surface area contributed by atoms with Crippen LogP contribution in [0.25, 0.3) is 0 Å². The first-order valence-electron chi connectivity index (χ1n) is 6.65. The van der Waals surface area contributed by atoms with E-state index >= 15 is 0 Å². The summed E-state index contributed by atoms with van der Waals surface area (Å²) in [6, 6.07) is 17.4. The molecule has 0 amide bonds. The Hall–Kier alpha value is -0.360. The third-order valence-electron chi connectivity index (χ3n) is 3.06. The van der Waals surface area contributed by atoms with Crippen molar-refractivity contribution in [3.05, 3.63) is 48.5 Å². The second-order valence-corrected chi connectivity index (χ2v) is 17.0. The minimum atomic E-state index is -0.981. The molecule has 0 bridgehead atoms. The molecule has 0 nitrogen and oxygen atoms in total. The van der Waals surface area contributed by atoms with Gasteiger partial charge in [0.05, 0.1) is 0 Å². The van der Waals surface area contributed by atoms with Crippen molar-refractivity contribution in [1.82, 2.24) is 0 Å². The van der Waals surface area contributed by atoms with E-state index in [1.54, 1.807) is 10.4 Å². The average Bonchev–Trinajstić information content (AvgIpc) is 2.91. The van der Waals surface area contributed by atoms with Crippen LogP contribution in [-0.2, 0) is 16.8 Å². The van der Waals surface area contributed by atoms with Crippen LogP contribution in [0.4, 0.5) is 0 Å². The molecule has 0 unspecified atom stereocenters. The van der Waals surface area contributed by atoms with Crippen molar-refractivity contribution in [3.63, 3.8) is 0 Å². The number of hydrogen-bond donors (Lipinski definition) is 0. The Bertz CT molecular complexity index is 384. The smallest absolute Gasteiger partial charge is 0.0147 e. The average molecular weight is 333 g/mol. The first-order valence-corrected chi connectivity index (χ1v) is 13.7. The molecule has 0 aliphatic rings. The van der Waals surface area contributed by atoms with Gasteiger partial charge in [0, 0.05) is 32.9 Å². The van der Waals surface area contributed by atoms with E-state index in [9.17, 15) is 0 Å². The van der Waals surface area contributed by atoms with E-state index in [4.69, 9.17) is 0 Å². The Kier molecular flexibility index (Phi) is 7.29.